The summed E-state index contributed by atoms with van der Waals surface area (Å²) in [5.74, 6) is -0.743. The number of rotatable bonds is 3. The van der Waals surface area contributed by atoms with E-state index in [9.17, 15) is 9.59 Å². The van der Waals surface area contributed by atoms with E-state index in [2.05, 4.69) is 0 Å². The molecule has 0 rings (SSSR count). The van der Waals surface area contributed by atoms with E-state index in [0.29, 0.717) is 6.42 Å². The number of aliphatic hydroxyl groups excluding tert-OH is 1. The highest BCUT2D eigenvalue weighted by Gasteiger charge is 2.09. The van der Waals surface area contributed by atoms with Gasteiger partial charge in [-0.3, -0.25) is 9.59 Å². The number of aldehydes is 1. The van der Waals surface area contributed by atoms with Crippen LogP contribution >= 0.6 is 0 Å². The van der Waals surface area contributed by atoms with Gasteiger partial charge in [-0.05, 0) is 6.42 Å². The first-order chi connectivity index (χ1) is 3.72. The van der Waals surface area contributed by atoms with Crippen LogP contribution in [0.5, 0.6) is 0 Å². The van der Waals surface area contributed by atoms with Gasteiger partial charge in [0.15, 0.2) is 6.29 Å². The molecule has 3 heteroatoms. The maximum absolute atomic E-state index is 10.1. The predicted molar refractivity (Wildman–Crippen MR) is 27.4 cm³/mol. The van der Waals surface area contributed by atoms with Gasteiger partial charge >= 0.3 is 0 Å². The van der Waals surface area contributed by atoms with Crippen LogP contribution in [0, 0.1) is 0 Å². The molecule has 0 aliphatic carbocycles. The summed E-state index contributed by atoms with van der Waals surface area (Å²) in [5, 5.41) is 8.55. The van der Waals surface area contributed by atoms with Crippen LogP contribution in [0.2, 0.25) is 0 Å². The predicted octanol–water partition coefficient (Wildman–Crippen LogP) is -0.475. The fraction of sp³-hybridized carbons (Fsp3) is 0.600. The van der Waals surface area contributed by atoms with E-state index in [0.717, 1.165) is 0 Å². The molecule has 1 N–H and O–H groups in total. The van der Waals surface area contributed by atoms with Crippen LogP contribution in [0.25, 0.3) is 0 Å². The van der Waals surface area contributed by atoms with Gasteiger partial charge in [-0.1, -0.05) is 6.92 Å². The minimum Gasteiger partial charge on any atom is -0.385 e. The molecule has 0 aromatic rings. The Bertz CT molecular complexity index is 97.8. The normalized spacial score (nSPS) is 12.8. The van der Waals surface area contributed by atoms with Crippen LogP contribution in [-0.4, -0.2) is 23.3 Å². The van der Waals surface area contributed by atoms with Crippen molar-refractivity contribution in [1.29, 1.82) is 0 Å². The van der Waals surface area contributed by atoms with Crippen molar-refractivity contribution in [3.63, 3.8) is 0 Å². The smallest absolute Gasteiger partial charge is 0.223 e. The van der Waals surface area contributed by atoms with Gasteiger partial charge in [0.2, 0.25) is 5.78 Å². The summed E-state index contributed by atoms with van der Waals surface area (Å²) < 4.78 is 0. The minimum absolute atomic E-state index is 0.133. The van der Waals surface area contributed by atoms with E-state index in [4.69, 9.17) is 5.11 Å². The lowest BCUT2D eigenvalue weighted by Gasteiger charge is -1.96. The summed E-state index contributed by atoms with van der Waals surface area (Å²) in [6, 6.07) is 0. The first kappa shape index (κ1) is 7.30. The van der Waals surface area contributed by atoms with Crippen LogP contribution in [0.15, 0.2) is 0 Å². The van der Waals surface area contributed by atoms with E-state index >= 15 is 0 Å². The maximum atomic E-state index is 10.1. The van der Waals surface area contributed by atoms with Crippen LogP contribution in [-0.2, 0) is 9.59 Å². The van der Waals surface area contributed by atoms with Gasteiger partial charge in [-0.2, -0.15) is 0 Å². The highest BCUT2D eigenvalue weighted by Crippen LogP contribution is 1.87. The van der Waals surface area contributed by atoms with Gasteiger partial charge in [0.25, 0.3) is 0 Å². The second-order valence-electron chi connectivity index (χ2n) is 1.44. The average molecular weight is 116 g/mol. The van der Waals surface area contributed by atoms with Gasteiger partial charge in [0.1, 0.15) is 6.10 Å². The van der Waals surface area contributed by atoms with Gasteiger partial charge in [0, 0.05) is 0 Å². The molecular weight excluding hydrogens is 108 g/mol. The summed E-state index contributed by atoms with van der Waals surface area (Å²) in [6.07, 6.45) is -0.654. The number of ketones is 1. The monoisotopic (exact) mass is 116 g/mol. The molecule has 3 nitrogen and oxygen atoms in total. The highest BCUT2D eigenvalue weighted by atomic mass is 16.3. The Labute approximate surface area is 47.3 Å². The van der Waals surface area contributed by atoms with Crippen LogP contribution < -0.4 is 0 Å². The van der Waals surface area contributed by atoms with Crippen LogP contribution in [0.1, 0.15) is 13.3 Å². The fourth-order valence-corrected chi connectivity index (χ4v) is 0.280. The molecule has 0 aliphatic heterocycles. The highest BCUT2D eigenvalue weighted by molar-refractivity contribution is 6.26. The topological polar surface area (TPSA) is 54.4 Å². The number of hydrogen-bond donors (Lipinski definition) is 1. The molecule has 0 amide bonds. The maximum Gasteiger partial charge on any atom is 0.223 e. The van der Waals surface area contributed by atoms with E-state index in [1.54, 1.807) is 6.92 Å². The first-order valence-electron chi connectivity index (χ1n) is 2.39. The van der Waals surface area contributed by atoms with Crippen molar-refractivity contribution in [3.05, 3.63) is 0 Å². The molecular formula is C5H8O3. The lowest BCUT2D eigenvalue weighted by Crippen LogP contribution is -2.19. The molecule has 0 aromatic carbocycles. The van der Waals surface area contributed by atoms with Crippen molar-refractivity contribution in [2.24, 2.45) is 0 Å². The molecule has 8 heavy (non-hydrogen) atoms. The molecule has 0 spiro atoms. The summed E-state index contributed by atoms with van der Waals surface area (Å²) in [4.78, 5) is 19.7. The Balaban J connectivity index is 3.62. The Morgan fingerprint density at radius 3 is 2.50 bits per heavy atom. The van der Waals surface area contributed by atoms with Gasteiger partial charge in [0.05, 0.1) is 0 Å². The molecule has 0 radical (unpaired) electrons. The van der Waals surface area contributed by atoms with E-state index in [1.807, 2.05) is 0 Å². The SMILES string of the molecule is CC[C@H](O)C(=O)C=O. The lowest BCUT2D eigenvalue weighted by atomic mass is 10.2. The third-order valence-electron chi connectivity index (χ3n) is 0.831. The number of carbonyl (C=O) groups is 2. The van der Waals surface area contributed by atoms with Crippen molar-refractivity contribution in [2.45, 2.75) is 19.4 Å². The third-order valence-corrected chi connectivity index (χ3v) is 0.831. The summed E-state index contributed by atoms with van der Waals surface area (Å²) in [6.45, 7) is 1.63. The molecule has 0 aliphatic rings. The molecule has 0 aromatic heterocycles. The minimum atomic E-state index is -1.09. The van der Waals surface area contributed by atoms with Crippen molar-refractivity contribution >= 4 is 12.1 Å². The first-order valence-corrected chi connectivity index (χ1v) is 2.39. The molecule has 0 saturated heterocycles. The van der Waals surface area contributed by atoms with Gasteiger partial charge in [-0.25, -0.2) is 0 Å². The second kappa shape index (κ2) is 3.32. The van der Waals surface area contributed by atoms with Crippen molar-refractivity contribution < 1.29 is 14.7 Å². The summed E-state index contributed by atoms with van der Waals surface area (Å²) in [5.41, 5.74) is 0. The third kappa shape index (κ3) is 1.84. The Kier molecular flexibility index (Phi) is 3.03. The van der Waals surface area contributed by atoms with E-state index < -0.39 is 11.9 Å². The van der Waals surface area contributed by atoms with Crippen molar-refractivity contribution in [2.75, 3.05) is 0 Å². The summed E-state index contributed by atoms with van der Waals surface area (Å²) >= 11 is 0. The molecule has 0 heterocycles. The molecule has 0 unspecified atom stereocenters. The Morgan fingerprint density at radius 1 is 1.88 bits per heavy atom. The molecule has 46 valence electrons. The van der Waals surface area contributed by atoms with Crippen LogP contribution in [0.4, 0.5) is 0 Å². The van der Waals surface area contributed by atoms with Gasteiger partial charge < -0.3 is 5.11 Å². The fourth-order valence-electron chi connectivity index (χ4n) is 0.280. The van der Waals surface area contributed by atoms with Crippen molar-refractivity contribution in [1.82, 2.24) is 0 Å². The zero-order valence-electron chi connectivity index (χ0n) is 4.63. The van der Waals surface area contributed by atoms with E-state index in [-0.39, 0.29) is 6.29 Å². The van der Waals surface area contributed by atoms with Crippen molar-refractivity contribution in [3.8, 4) is 0 Å². The molecule has 0 saturated carbocycles. The van der Waals surface area contributed by atoms with Gasteiger partial charge in [-0.15, -0.1) is 0 Å². The zero-order chi connectivity index (χ0) is 6.57. The van der Waals surface area contributed by atoms with E-state index in [1.165, 1.54) is 0 Å². The Hall–Kier alpha value is -0.700. The van der Waals surface area contributed by atoms with Crippen LogP contribution in [0.3, 0.4) is 0 Å². The molecule has 1 atom stereocenters. The number of hydrogen-bond acceptors (Lipinski definition) is 3. The largest absolute Gasteiger partial charge is 0.385 e. The standard InChI is InChI=1S/C5H8O3/c1-2-4(7)5(8)3-6/h3-4,7H,2H2,1H3/t4-/m0/s1. The molecule has 0 bridgehead atoms. The quantitative estimate of drug-likeness (QED) is 0.400. The average Bonchev–Trinajstić information content (AvgIpc) is 1.84. The zero-order valence-corrected chi connectivity index (χ0v) is 4.63. The lowest BCUT2D eigenvalue weighted by molar-refractivity contribution is -0.135. The molecule has 0 fully saturated rings. The number of carbonyl (C=O) groups excluding carboxylic acids is 2. The second-order valence-corrected chi connectivity index (χ2v) is 1.44. The number of aliphatic hydroxyl groups is 1. The Morgan fingerprint density at radius 2 is 2.38 bits per heavy atom. The summed E-state index contributed by atoms with van der Waals surface area (Å²) in [7, 11) is 0. The number of Topliss-reactive ketones (excluding diaryl/α,β-unsaturated/α-hetero) is 1.